The SMILES string of the molecule is COC(=O)c1ccc(CN2CCC[C@H](c3nc4ccccc4[nH]3)C2)o1. The Labute approximate surface area is 145 Å². The molecule has 4 rings (SSSR count). The number of para-hydroxylation sites is 2. The fraction of sp³-hybridized carbons (Fsp3) is 0.368. The Bertz CT molecular complexity index is 850. The van der Waals surface area contributed by atoms with Gasteiger partial charge in [-0.3, -0.25) is 4.90 Å². The van der Waals surface area contributed by atoms with Crippen LogP contribution in [0, 0.1) is 0 Å². The van der Waals surface area contributed by atoms with Gasteiger partial charge in [-0.1, -0.05) is 12.1 Å². The highest BCUT2D eigenvalue weighted by Crippen LogP contribution is 2.27. The van der Waals surface area contributed by atoms with Crippen molar-refractivity contribution >= 4 is 17.0 Å². The first-order valence-electron chi connectivity index (χ1n) is 8.57. The molecule has 1 atom stereocenters. The zero-order valence-corrected chi connectivity index (χ0v) is 14.2. The number of furan rings is 1. The number of aromatic nitrogens is 2. The number of nitrogens with zero attached hydrogens (tertiary/aromatic N) is 2. The van der Waals surface area contributed by atoms with E-state index >= 15 is 0 Å². The fourth-order valence-electron chi connectivity index (χ4n) is 3.48. The Kier molecular flexibility index (Phi) is 4.28. The van der Waals surface area contributed by atoms with Gasteiger partial charge in [0.05, 0.1) is 24.7 Å². The molecule has 6 heteroatoms. The molecule has 2 aromatic heterocycles. The van der Waals surface area contributed by atoms with Crippen molar-refractivity contribution in [3.8, 4) is 0 Å². The van der Waals surface area contributed by atoms with Crippen molar-refractivity contribution in [3.63, 3.8) is 0 Å². The van der Waals surface area contributed by atoms with Crippen molar-refractivity contribution in [1.82, 2.24) is 14.9 Å². The molecule has 0 bridgehead atoms. The number of hydrogen-bond donors (Lipinski definition) is 1. The lowest BCUT2D eigenvalue weighted by molar-refractivity contribution is 0.0560. The van der Waals surface area contributed by atoms with E-state index in [0.29, 0.717) is 12.5 Å². The number of piperidine rings is 1. The summed E-state index contributed by atoms with van der Waals surface area (Å²) in [5, 5.41) is 0. The largest absolute Gasteiger partial charge is 0.463 e. The third-order valence-corrected chi connectivity index (χ3v) is 4.73. The summed E-state index contributed by atoms with van der Waals surface area (Å²) in [5.41, 5.74) is 2.10. The Hall–Kier alpha value is -2.60. The Morgan fingerprint density at radius 2 is 2.24 bits per heavy atom. The summed E-state index contributed by atoms with van der Waals surface area (Å²) in [5.74, 6) is 2.04. The van der Waals surface area contributed by atoms with Crippen LogP contribution >= 0.6 is 0 Å². The maximum absolute atomic E-state index is 11.5. The molecule has 0 saturated carbocycles. The summed E-state index contributed by atoms with van der Waals surface area (Å²) < 4.78 is 10.3. The number of esters is 1. The number of H-pyrrole nitrogens is 1. The molecule has 1 saturated heterocycles. The Balaban J connectivity index is 1.45. The zero-order chi connectivity index (χ0) is 17.2. The van der Waals surface area contributed by atoms with Gasteiger partial charge in [0.2, 0.25) is 5.76 Å². The third kappa shape index (κ3) is 3.30. The average molecular weight is 339 g/mol. The molecule has 1 fully saturated rings. The van der Waals surface area contributed by atoms with E-state index in [2.05, 4.69) is 20.7 Å². The topological polar surface area (TPSA) is 71.4 Å². The first-order valence-corrected chi connectivity index (χ1v) is 8.57. The molecular weight excluding hydrogens is 318 g/mol. The summed E-state index contributed by atoms with van der Waals surface area (Å²) in [6.07, 6.45) is 2.24. The van der Waals surface area contributed by atoms with Crippen molar-refractivity contribution in [1.29, 1.82) is 0 Å². The average Bonchev–Trinajstić information content (AvgIpc) is 3.28. The number of imidazole rings is 1. The van der Waals surface area contributed by atoms with Gasteiger partial charge in [0.15, 0.2) is 0 Å². The van der Waals surface area contributed by atoms with Crippen LogP contribution in [0.2, 0.25) is 0 Å². The van der Waals surface area contributed by atoms with Gasteiger partial charge in [0.25, 0.3) is 0 Å². The molecule has 3 heterocycles. The van der Waals surface area contributed by atoms with Gasteiger partial charge >= 0.3 is 5.97 Å². The normalized spacial score (nSPS) is 18.5. The minimum atomic E-state index is -0.440. The summed E-state index contributed by atoms with van der Waals surface area (Å²) >= 11 is 0. The van der Waals surface area contributed by atoms with E-state index in [0.717, 1.165) is 48.5 Å². The maximum atomic E-state index is 11.5. The van der Waals surface area contributed by atoms with Crippen molar-refractivity contribution in [2.45, 2.75) is 25.3 Å². The predicted octanol–water partition coefficient (Wildman–Crippen LogP) is 3.32. The van der Waals surface area contributed by atoms with Gasteiger partial charge in [-0.2, -0.15) is 0 Å². The van der Waals surface area contributed by atoms with E-state index < -0.39 is 5.97 Å². The second-order valence-corrected chi connectivity index (χ2v) is 6.47. The van der Waals surface area contributed by atoms with E-state index in [-0.39, 0.29) is 5.76 Å². The van der Waals surface area contributed by atoms with Gasteiger partial charge in [-0.05, 0) is 43.7 Å². The first-order chi connectivity index (χ1) is 12.2. The standard InChI is InChI=1S/C19H21N3O3/c1-24-19(23)17-9-8-14(25-17)12-22-10-4-5-13(11-22)18-20-15-6-2-3-7-16(15)21-18/h2-3,6-9,13H,4-5,10-12H2,1H3,(H,20,21)/t13-/m0/s1. The number of fused-ring (bicyclic) bond motifs is 1. The van der Waals surface area contributed by atoms with Crippen molar-refractivity contribution in [3.05, 3.63) is 53.7 Å². The minimum Gasteiger partial charge on any atom is -0.463 e. The highest BCUT2D eigenvalue weighted by Gasteiger charge is 2.24. The van der Waals surface area contributed by atoms with Crippen LogP contribution in [0.1, 0.15) is 40.9 Å². The molecule has 3 aromatic rings. The molecule has 130 valence electrons. The predicted molar refractivity (Wildman–Crippen MR) is 93.4 cm³/mol. The quantitative estimate of drug-likeness (QED) is 0.738. The van der Waals surface area contributed by atoms with Crippen LogP contribution in [0.3, 0.4) is 0 Å². The van der Waals surface area contributed by atoms with Gasteiger partial charge in [0.1, 0.15) is 11.6 Å². The number of ether oxygens (including phenoxy) is 1. The van der Waals surface area contributed by atoms with E-state index in [4.69, 9.17) is 9.40 Å². The number of hydrogen-bond acceptors (Lipinski definition) is 5. The van der Waals surface area contributed by atoms with E-state index in [1.165, 1.54) is 7.11 Å². The van der Waals surface area contributed by atoms with Crippen molar-refractivity contribution in [2.24, 2.45) is 0 Å². The molecule has 0 radical (unpaired) electrons. The molecule has 1 aliphatic rings. The highest BCUT2D eigenvalue weighted by atomic mass is 16.5. The van der Waals surface area contributed by atoms with Crippen LogP contribution in [-0.4, -0.2) is 41.0 Å². The lowest BCUT2D eigenvalue weighted by Crippen LogP contribution is -2.34. The minimum absolute atomic E-state index is 0.253. The monoisotopic (exact) mass is 339 g/mol. The van der Waals surface area contributed by atoms with Crippen LogP contribution < -0.4 is 0 Å². The summed E-state index contributed by atoms with van der Waals surface area (Å²) in [6.45, 7) is 2.63. The second kappa shape index (κ2) is 6.72. The number of methoxy groups -OCH3 is 1. The number of benzene rings is 1. The molecule has 0 spiro atoms. The lowest BCUT2D eigenvalue weighted by atomic mass is 9.97. The number of carbonyl (C=O) groups is 1. The molecule has 25 heavy (non-hydrogen) atoms. The number of carbonyl (C=O) groups excluding carboxylic acids is 1. The molecular formula is C19H21N3O3. The lowest BCUT2D eigenvalue weighted by Gasteiger charge is -2.31. The zero-order valence-electron chi connectivity index (χ0n) is 14.2. The van der Waals surface area contributed by atoms with Gasteiger partial charge < -0.3 is 14.1 Å². The summed E-state index contributed by atoms with van der Waals surface area (Å²) in [4.78, 5) is 22.1. The molecule has 1 aromatic carbocycles. The van der Waals surface area contributed by atoms with E-state index in [1.807, 2.05) is 24.3 Å². The molecule has 0 amide bonds. The summed E-state index contributed by atoms with van der Waals surface area (Å²) in [6, 6.07) is 11.6. The Morgan fingerprint density at radius 3 is 3.08 bits per heavy atom. The highest BCUT2D eigenvalue weighted by molar-refractivity contribution is 5.86. The van der Waals surface area contributed by atoms with Gasteiger partial charge in [-0.25, -0.2) is 9.78 Å². The van der Waals surface area contributed by atoms with Crippen LogP contribution in [0.25, 0.3) is 11.0 Å². The second-order valence-electron chi connectivity index (χ2n) is 6.47. The Morgan fingerprint density at radius 1 is 1.36 bits per heavy atom. The summed E-state index contributed by atoms with van der Waals surface area (Å²) in [7, 11) is 1.35. The molecule has 6 nitrogen and oxygen atoms in total. The van der Waals surface area contributed by atoms with Crippen LogP contribution in [0.5, 0.6) is 0 Å². The van der Waals surface area contributed by atoms with Crippen LogP contribution in [0.15, 0.2) is 40.8 Å². The van der Waals surface area contributed by atoms with Crippen LogP contribution in [0.4, 0.5) is 0 Å². The van der Waals surface area contributed by atoms with Crippen LogP contribution in [-0.2, 0) is 11.3 Å². The number of nitrogens with one attached hydrogen (secondary N) is 1. The number of likely N-dealkylation sites (tertiary alicyclic amines) is 1. The molecule has 1 aliphatic heterocycles. The van der Waals surface area contributed by atoms with E-state index in [1.54, 1.807) is 6.07 Å². The van der Waals surface area contributed by atoms with Gasteiger partial charge in [-0.15, -0.1) is 0 Å². The van der Waals surface area contributed by atoms with Crippen molar-refractivity contribution < 1.29 is 13.9 Å². The molecule has 0 aliphatic carbocycles. The third-order valence-electron chi connectivity index (χ3n) is 4.73. The smallest absolute Gasteiger partial charge is 0.373 e. The number of rotatable bonds is 4. The van der Waals surface area contributed by atoms with Gasteiger partial charge in [0, 0.05) is 12.5 Å². The first kappa shape index (κ1) is 15.9. The number of aromatic amines is 1. The van der Waals surface area contributed by atoms with Crippen molar-refractivity contribution in [2.75, 3.05) is 20.2 Å². The molecule has 1 N–H and O–H groups in total. The fourth-order valence-corrected chi connectivity index (χ4v) is 3.48. The molecule has 0 unspecified atom stereocenters. The maximum Gasteiger partial charge on any atom is 0.373 e. The van der Waals surface area contributed by atoms with E-state index in [9.17, 15) is 4.79 Å².